The zero-order valence-corrected chi connectivity index (χ0v) is 12.3. The molecule has 1 heterocycles. The van der Waals surface area contributed by atoms with Crippen molar-refractivity contribution >= 4 is 5.97 Å². The molecule has 0 radical (unpaired) electrons. The van der Waals surface area contributed by atoms with Crippen LogP contribution in [0.1, 0.15) is 49.3 Å². The fourth-order valence-corrected chi connectivity index (χ4v) is 2.96. The molecule has 122 valence electrons. The van der Waals surface area contributed by atoms with Gasteiger partial charge in [0.05, 0.1) is 5.56 Å². The average Bonchev–Trinajstić information content (AvgIpc) is 2.47. The van der Waals surface area contributed by atoms with E-state index in [-0.39, 0.29) is 12.5 Å². The van der Waals surface area contributed by atoms with Crippen LogP contribution >= 0.6 is 0 Å². The third-order valence-corrected chi connectivity index (χ3v) is 4.07. The highest BCUT2D eigenvalue weighted by atomic mass is 19.4. The Balaban J connectivity index is 2.05. The highest BCUT2D eigenvalue weighted by molar-refractivity contribution is 5.66. The molecule has 2 rings (SSSR count). The number of piperidine rings is 1. The van der Waals surface area contributed by atoms with Gasteiger partial charge in [-0.1, -0.05) is 18.6 Å². The zero-order chi connectivity index (χ0) is 16.2. The first-order valence-corrected chi connectivity index (χ1v) is 7.51. The summed E-state index contributed by atoms with van der Waals surface area (Å²) >= 11 is 0. The Kier molecular flexibility index (Phi) is 5.45. The molecule has 1 aliphatic heterocycles. The number of nitrogens with zero attached hydrogens (tertiary/aromatic N) is 1. The third-order valence-electron chi connectivity index (χ3n) is 4.07. The lowest BCUT2D eigenvalue weighted by molar-refractivity contribution is -0.138. The molecule has 0 spiro atoms. The summed E-state index contributed by atoms with van der Waals surface area (Å²) in [5, 5.41) is 8.71. The van der Waals surface area contributed by atoms with Crippen LogP contribution in [0.3, 0.4) is 0 Å². The van der Waals surface area contributed by atoms with Crippen LogP contribution in [-0.2, 0) is 11.0 Å². The van der Waals surface area contributed by atoms with Crippen LogP contribution in [0.5, 0.6) is 0 Å². The van der Waals surface area contributed by atoms with Gasteiger partial charge >= 0.3 is 12.1 Å². The molecular formula is C16H20F3NO2. The smallest absolute Gasteiger partial charge is 0.416 e. The molecule has 1 N–H and O–H groups in total. The van der Waals surface area contributed by atoms with Gasteiger partial charge in [-0.2, -0.15) is 13.2 Å². The van der Waals surface area contributed by atoms with Gasteiger partial charge in [0.15, 0.2) is 0 Å². The Labute approximate surface area is 127 Å². The minimum Gasteiger partial charge on any atom is -0.481 e. The summed E-state index contributed by atoms with van der Waals surface area (Å²) in [7, 11) is 0. The highest BCUT2D eigenvalue weighted by Gasteiger charge is 2.31. The maximum Gasteiger partial charge on any atom is 0.416 e. The Hall–Kier alpha value is -1.56. The number of halogens is 3. The summed E-state index contributed by atoms with van der Waals surface area (Å²) in [6.07, 6.45) is -0.640. The Morgan fingerprint density at radius 2 is 1.91 bits per heavy atom. The van der Waals surface area contributed by atoms with E-state index in [1.807, 2.05) is 0 Å². The standard InChI is InChI=1S/C16H20F3NO2/c17-16(18,19)13-8-6-12(7-9-13)14-4-1-2-10-20(14)11-3-5-15(21)22/h6-9,14H,1-5,10-11H2,(H,21,22)/t14-/m1/s1. The monoisotopic (exact) mass is 315 g/mol. The predicted octanol–water partition coefficient (Wildman–Crippen LogP) is 4.10. The number of hydrogen-bond acceptors (Lipinski definition) is 2. The van der Waals surface area contributed by atoms with Gasteiger partial charge in [0, 0.05) is 12.5 Å². The minimum atomic E-state index is -4.31. The Bertz CT molecular complexity index is 499. The van der Waals surface area contributed by atoms with E-state index >= 15 is 0 Å². The quantitative estimate of drug-likeness (QED) is 0.889. The number of carbonyl (C=O) groups is 1. The third kappa shape index (κ3) is 4.47. The Morgan fingerprint density at radius 3 is 2.50 bits per heavy atom. The lowest BCUT2D eigenvalue weighted by atomic mass is 9.94. The van der Waals surface area contributed by atoms with Crippen LogP contribution in [0.15, 0.2) is 24.3 Å². The van der Waals surface area contributed by atoms with Crippen LogP contribution in [0.2, 0.25) is 0 Å². The molecule has 1 atom stereocenters. The van der Waals surface area contributed by atoms with Crippen LogP contribution in [-0.4, -0.2) is 29.1 Å². The van der Waals surface area contributed by atoms with Gasteiger partial charge in [-0.25, -0.2) is 0 Å². The van der Waals surface area contributed by atoms with Gasteiger partial charge in [0.25, 0.3) is 0 Å². The second kappa shape index (κ2) is 7.13. The zero-order valence-electron chi connectivity index (χ0n) is 12.3. The second-order valence-electron chi connectivity index (χ2n) is 5.66. The molecule has 0 bridgehead atoms. The fraction of sp³-hybridized carbons (Fsp3) is 0.562. The van der Waals surface area contributed by atoms with Crippen molar-refractivity contribution in [2.24, 2.45) is 0 Å². The van der Waals surface area contributed by atoms with Gasteiger partial charge in [-0.3, -0.25) is 9.69 Å². The normalized spacial score (nSPS) is 20.0. The molecule has 1 aromatic carbocycles. The summed E-state index contributed by atoms with van der Waals surface area (Å²) in [6.45, 7) is 1.53. The number of carboxylic acid groups (broad SMARTS) is 1. The van der Waals surface area contributed by atoms with Crippen molar-refractivity contribution in [1.29, 1.82) is 0 Å². The van der Waals surface area contributed by atoms with E-state index in [4.69, 9.17) is 5.11 Å². The van der Waals surface area contributed by atoms with Gasteiger partial charge < -0.3 is 5.11 Å². The molecular weight excluding hydrogens is 295 g/mol. The summed E-state index contributed by atoms with van der Waals surface area (Å²) < 4.78 is 37.8. The first kappa shape index (κ1) is 16.8. The van der Waals surface area contributed by atoms with Gasteiger partial charge in [0.2, 0.25) is 0 Å². The van der Waals surface area contributed by atoms with Crippen LogP contribution in [0, 0.1) is 0 Å². The number of hydrogen-bond donors (Lipinski definition) is 1. The number of alkyl halides is 3. The van der Waals surface area contributed by atoms with Crippen molar-refractivity contribution in [3.05, 3.63) is 35.4 Å². The summed E-state index contributed by atoms with van der Waals surface area (Å²) in [5.74, 6) is -0.817. The average molecular weight is 315 g/mol. The first-order chi connectivity index (χ1) is 10.4. The van der Waals surface area contributed by atoms with Crippen LogP contribution < -0.4 is 0 Å². The van der Waals surface area contributed by atoms with E-state index in [1.165, 1.54) is 0 Å². The van der Waals surface area contributed by atoms with Gasteiger partial charge in [-0.05, 0) is 50.0 Å². The van der Waals surface area contributed by atoms with E-state index in [1.54, 1.807) is 12.1 Å². The molecule has 0 aromatic heterocycles. The van der Waals surface area contributed by atoms with Crippen molar-refractivity contribution in [3.8, 4) is 0 Å². The molecule has 3 nitrogen and oxygen atoms in total. The van der Waals surface area contributed by atoms with Gasteiger partial charge in [0.1, 0.15) is 0 Å². The molecule has 1 aromatic rings. The number of rotatable bonds is 5. The van der Waals surface area contributed by atoms with E-state index < -0.39 is 17.7 Å². The molecule has 0 aliphatic carbocycles. The molecule has 0 saturated carbocycles. The molecule has 1 aliphatic rings. The number of benzene rings is 1. The summed E-state index contributed by atoms with van der Waals surface area (Å²) in [4.78, 5) is 12.8. The van der Waals surface area contributed by atoms with E-state index in [2.05, 4.69) is 4.90 Å². The molecule has 6 heteroatoms. The van der Waals surface area contributed by atoms with Crippen LogP contribution in [0.25, 0.3) is 0 Å². The summed E-state index contributed by atoms with van der Waals surface area (Å²) in [6, 6.07) is 5.43. The number of aliphatic carboxylic acids is 1. The highest BCUT2D eigenvalue weighted by Crippen LogP contribution is 2.34. The number of likely N-dealkylation sites (tertiary alicyclic amines) is 1. The lowest BCUT2D eigenvalue weighted by Crippen LogP contribution is -2.34. The van der Waals surface area contributed by atoms with E-state index in [0.717, 1.165) is 43.5 Å². The second-order valence-corrected chi connectivity index (χ2v) is 5.66. The topological polar surface area (TPSA) is 40.5 Å². The maximum atomic E-state index is 12.6. The lowest BCUT2D eigenvalue weighted by Gasteiger charge is -2.36. The van der Waals surface area contributed by atoms with E-state index in [9.17, 15) is 18.0 Å². The van der Waals surface area contributed by atoms with E-state index in [0.29, 0.717) is 13.0 Å². The van der Waals surface area contributed by atoms with Crippen LogP contribution in [0.4, 0.5) is 13.2 Å². The predicted molar refractivity (Wildman–Crippen MR) is 76.5 cm³/mol. The fourth-order valence-electron chi connectivity index (χ4n) is 2.96. The summed E-state index contributed by atoms with van der Waals surface area (Å²) in [5.41, 5.74) is 0.243. The molecule has 0 amide bonds. The van der Waals surface area contributed by atoms with Crippen molar-refractivity contribution in [1.82, 2.24) is 4.90 Å². The van der Waals surface area contributed by atoms with Gasteiger partial charge in [-0.15, -0.1) is 0 Å². The Morgan fingerprint density at radius 1 is 1.23 bits per heavy atom. The van der Waals surface area contributed by atoms with Crippen molar-refractivity contribution in [2.45, 2.75) is 44.3 Å². The van der Waals surface area contributed by atoms with Crippen molar-refractivity contribution < 1.29 is 23.1 Å². The molecule has 22 heavy (non-hydrogen) atoms. The van der Waals surface area contributed by atoms with Crippen molar-refractivity contribution in [2.75, 3.05) is 13.1 Å². The minimum absolute atomic E-state index is 0.0878. The largest absolute Gasteiger partial charge is 0.481 e. The molecule has 1 saturated heterocycles. The SMILES string of the molecule is O=C(O)CCCN1CCCC[C@@H]1c1ccc(C(F)(F)F)cc1. The van der Waals surface area contributed by atoms with Crippen molar-refractivity contribution in [3.63, 3.8) is 0 Å². The first-order valence-electron chi connectivity index (χ1n) is 7.51. The maximum absolute atomic E-state index is 12.6. The number of carboxylic acids is 1. The molecule has 1 fully saturated rings. The molecule has 0 unspecified atom stereocenters.